The van der Waals surface area contributed by atoms with Gasteiger partial charge in [0, 0.05) is 0 Å². The molecule has 0 saturated heterocycles. The van der Waals surface area contributed by atoms with Gasteiger partial charge in [-0.1, -0.05) is 92.2 Å². The van der Waals surface area contributed by atoms with Gasteiger partial charge in [-0.15, -0.1) is 0 Å². The molecule has 0 aliphatic rings. The van der Waals surface area contributed by atoms with Gasteiger partial charge in [0.2, 0.25) is 10.0 Å². The van der Waals surface area contributed by atoms with Crippen molar-refractivity contribution in [3.8, 4) is 0 Å². The van der Waals surface area contributed by atoms with E-state index < -0.39 is 21.7 Å². The topological polar surface area (TPSA) is 66.4 Å². The molecule has 164 valence electrons. The van der Waals surface area contributed by atoms with E-state index >= 15 is 0 Å². The molecule has 3 aromatic carbocycles. The van der Waals surface area contributed by atoms with Gasteiger partial charge in [0.15, 0.2) is 0 Å². The molecule has 0 aromatic heterocycles. The normalized spacial score (nSPS) is 13.4. The molecule has 5 heteroatoms. The molecule has 0 bridgehead atoms. The van der Waals surface area contributed by atoms with E-state index in [1.165, 1.54) is 0 Å². The Morgan fingerprint density at radius 1 is 0.806 bits per heavy atom. The number of benzene rings is 3. The SMILES string of the molecule is Cc1cc(C)c(S(=O)(=O)NC(C(C)C)C(O)(c2ccccc2)c2ccccc2)c(C)c1. The monoisotopic (exact) mass is 437 g/mol. The van der Waals surface area contributed by atoms with Gasteiger partial charge in [-0.05, 0) is 48.9 Å². The Morgan fingerprint density at radius 2 is 1.23 bits per heavy atom. The van der Waals surface area contributed by atoms with Crippen LogP contribution in [-0.4, -0.2) is 19.6 Å². The van der Waals surface area contributed by atoms with Crippen LogP contribution in [0, 0.1) is 26.7 Å². The van der Waals surface area contributed by atoms with E-state index in [0.717, 1.165) is 5.56 Å². The second-order valence-electron chi connectivity index (χ2n) is 8.57. The maximum absolute atomic E-state index is 13.6. The molecule has 2 N–H and O–H groups in total. The van der Waals surface area contributed by atoms with Crippen LogP contribution in [0.15, 0.2) is 77.7 Å². The molecule has 0 saturated carbocycles. The number of hydrogen-bond donors (Lipinski definition) is 2. The van der Waals surface area contributed by atoms with Gasteiger partial charge >= 0.3 is 0 Å². The zero-order valence-corrected chi connectivity index (χ0v) is 19.6. The number of nitrogens with one attached hydrogen (secondary N) is 1. The highest BCUT2D eigenvalue weighted by atomic mass is 32.2. The van der Waals surface area contributed by atoms with Crippen LogP contribution in [0.3, 0.4) is 0 Å². The maximum Gasteiger partial charge on any atom is 0.241 e. The van der Waals surface area contributed by atoms with E-state index in [9.17, 15) is 13.5 Å². The first-order valence-corrected chi connectivity index (χ1v) is 12.0. The van der Waals surface area contributed by atoms with Crippen molar-refractivity contribution in [1.82, 2.24) is 4.72 Å². The lowest BCUT2D eigenvalue weighted by Crippen LogP contribution is -2.54. The molecule has 31 heavy (non-hydrogen) atoms. The third-order valence-electron chi connectivity index (χ3n) is 5.70. The second-order valence-corrected chi connectivity index (χ2v) is 10.2. The van der Waals surface area contributed by atoms with Crippen LogP contribution in [0.5, 0.6) is 0 Å². The molecular formula is C26H31NO3S. The van der Waals surface area contributed by atoms with Crippen LogP contribution in [-0.2, 0) is 15.6 Å². The molecule has 1 unspecified atom stereocenters. The quantitative estimate of drug-likeness (QED) is 0.555. The molecule has 0 heterocycles. The zero-order valence-electron chi connectivity index (χ0n) is 18.8. The molecule has 0 amide bonds. The van der Waals surface area contributed by atoms with Crippen LogP contribution in [0.1, 0.15) is 41.7 Å². The molecule has 3 rings (SSSR count). The number of aliphatic hydroxyl groups is 1. The summed E-state index contributed by atoms with van der Waals surface area (Å²) in [7, 11) is -3.89. The number of rotatable bonds is 7. The standard InChI is InChI=1S/C26H31NO3S/c1-18(2)25(27-31(29,30)24-20(4)16-19(3)17-21(24)5)26(28,22-12-8-6-9-13-22)23-14-10-7-11-15-23/h6-18,25,27-28H,1-5H3. The van der Waals surface area contributed by atoms with Gasteiger partial charge in [0.05, 0.1) is 10.9 Å². The Bertz CT molecular complexity index is 1080. The summed E-state index contributed by atoms with van der Waals surface area (Å²) in [4.78, 5) is 0.271. The van der Waals surface area contributed by atoms with Crippen molar-refractivity contribution in [3.05, 3.63) is 101 Å². The third kappa shape index (κ3) is 4.59. The molecule has 0 radical (unpaired) electrons. The van der Waals surface area contributed by atoms with Gasteiger partial charge in [-0.3, -0.25) is 0 Å². The van der Waals surface area contributed by atoms with Gasteiger partial charge in [0.25, 0.3) is 0 Å². The summed E-state index contributed by atoms with van der Waals surface area (Å²) in [6.07, 6.45) is 0. The molecule has 1 atom stereocenters. The molecular weight excluding hydrogens is 406 g/mol. The average Bonchev–Trinajstić information content (AvgIpc) is 2.71. The molecule has 0 aliphatic carbocycles. The minimum atomic E-state index is -3.89. The van der Waals surface area contributed by atoms with E-state index in [-0.39, 0.29) is 10.8 Å². The van der Waals surface area contributed by atoms with E-state index in [1.54, 1.807) is 13.8 Å². The molecule has 4 nitrogen and oxygen atoms in total. The van der Waals surface area contributed by atoms with Crippen LogP contribution < -0.4 is 4.72 Å². The van der Waals surface area contributed by atoms with Crippen molar-refractivity contribution >= 4 is 10.0 Å². The Hall–Kier alpha value is -2.47. The number of hydrogen-bond acceptors (Lipinski definition) is 3. The Kier molecular flexibility index (Phi) is 6.70. The van der Waals surface area contributed by atoms with E-state index in [1.807, 2.05) is 93.6 Å². The van der Waals surface area contributed by atoms with Crippen molar-refractivity contribution in [2.75, 3.05) is 0 Å². The largest absolute Gasteiger partial charge is 0.379 e. The molecule has 0 aliphatic heterocycles. The lowest BCUT2D eigenvalue weighted by Gasteiger charge is -2.40. The smallest absolute Gasteiger partial charge is 0.241 e. The molecule has 0 fully saturated rings. The van der Waals surface area contributed by atoms with Gasteiger partial charge in [0.1, 0.15) is 5.60 Å². The van der Waals surface area contributed by atoms with E-state index in [2.05, 4.69) is 4.72 Å². The summed E-state index contributed by atoms with van der Waals surface area (Å²) in [5.74, 6) is -0.189. The maximum atomic E-state index is 13.6. The summed E-state index contributed by atoms with van der Waals surface area (Å²) in [5.41, 5.74) is 2.13. The fraction of sp³-hybridized carbons (Fsp3) is 0.308. The predicted molar refractivity (Wildman–Crippen MR) is 125 cm³/mol. The lowest BCUT2D eigenvalue weighted by molar-refractivity contribution is 0.0284. The highest BCUT2D eigenvalue weighted by molar-refractivity contribution is 7.89. The van der Waals surface area contributed by atoms with E-state index in [0.29, 0.717) is 22.3 Å². The van der Waals surface area contributed by atoms with Crippen molar-refractivity contribution < 1.29 is 13.5 Å². The summed E-state index contributed by atoms with van der Waals surface area (Å²) >= 11 is 0. The van der Waals surface area contributed by atoms with Crippen molar-refractivity contribution in [1.29, 1.82) is 0 Å². The second kappa shape index (κ2) is 8.95. The minimum Gasteiger partial charge on any atom is -0.379 e. The fourth-order valence-electron chi connectivity index (χ4n) is 4.43. The Labute approximate surface area is 186 Å². The lowest BCUT2D eigenvalue weighted by atomic mass is 9.76. The van der Waals surface area contributed by atoms with E-state index in [4.69, 9.17) is 0 Å². The van der Waals surface area contributed by atoms with Crippen molar-refractivity contribution in [3.63, 3.8) is 0 Å². The zero-order chi connectivity index (χ0) is 22.8. The summed E-state index contributed by atoms with van der Waals surface area (Å²) < 4.78 is 30.0. The average molecular weight is 438 g/mol. The Morgan fingerprint density at radius 3 is 1.61 bits per heavy atom. The fourth-order valence-corrected chi connectivity index (χ4v) is 6.29. The summed E-state index contributed by atoms with van der Waals surface area (Å²) in [6, 6.07) is 21.4. The van der Waals surface area contributed by atoms with Crippen LogP contribution in [0.2, 0.25) is 0 Å². The summed E-state index contributed by atoms with van der Waals surface area (Å²) in [6.45, 7) is 9.39. The number of aryl methyl sites for hydroxylation is 3. The van der Waals surface area contributed by atoms with Gasteiger partial charge in [-0.25, -0.2) is 13.1 Å². The van der Waals surface area contributed by atoms with Crippen LogP contribution in [0.4, 0.5) is 0 Å². The highest BCUT2D eigenvalue weighted by Gasteiger charge is 2.44. The van der Waals surface area contributed by atoms with Crippen LogP contribution in [0.25, 0.3) is 0 Å². The minimum absolute atomic E-state index is 0.189. The first-order valence-electron chi connectivity index (χ1n) is 10.5. The number of sulfonamides is 1. The first-order chi connectivity index (χ1) is 14.6. The molecule has 3 aromatic rings. The van der Waals surface area contributed by atoms with Gasteiger partial charge in [-0.2, -0.15) is 0 Å². The van der Waals surface area contributed by atoms with Crippen LogP contribution >= 0.6 is 0 Å². The predicted octanol–water partition coefficient (Wildman–Crippen LogP) is 4.85. The van der Waals surface area contributed by atoms with Crippen molar-refractivity contribution in [2.45, 2.75) is 51.2 Å². The molecule has 0 spiro atoms. The van der Waals surface area contributed by atoms with Gasteiger partial charge < -0.3 is 5.11 Å². The third-order valence-corrected chi connectivity index (χ3v) is 7.45. The highest BCUT2D eigenvalue weighted by Crippen LogP contribution is 2.37. The van der Waals surface area contributed by atoms with Crippen molar-refractivity contribution in [2.24, 2.45) is 5.92 Å². The Balaban J connectivity index is 2.18. The summed E-state index contributed by atoms with van der Waals surface area (Å²) in [5, 5.41) is 12.2. The first kappa shape index (κ1) is 23.2.